The zero-order valence-electron chi connectivity index (χ0n) is 12.7. The zero-order chi connectivity index (χ0) is 15.1. The second kappa shape index (κ2) is 7.88. The number of nitrogens with one attached hydrogen (secondary N) is 1. The van der Waals surface area contributed by atoms with Gasteiger partial charge in [-0.2, -0.15) is 0 Å². The van der Waals surface area contributed by atoms with Crippen LogP contribution in [0, 0.1) is 0 Å². The summed E-state index contributed by atoms with van der Waals surface area (Å²) in [5.41, 5.74) is 1.27. The number of methoxy groups -OCH3 is 1. The molecule has 1 N–H and O–H groups in total. The molecule has 0 aliphatic carbocycles. The number of rotatable bonds is 6. The summed E-state index contributed by atoms with van der Waals surface area (Å²) < 4.78 is 15.7. The van der Waals surface area contributed by atoms with E-state index in [0.717, 1.165) is 25.9 Å². The quantitative estimate of drug-likeness (QED) is 0.814. The zero-order valence-corrected chi connectivity index (χ0v) is 12.7. The van der Waals surface area contributed by atoms with Crippen LogP contribution in [0.25, 0.3) is 0 Å². The standard InChI is InChI=1S/C16H23NO4/c1-3-20-15-10-13(12-6-8-17-9-7-12)4-5-14(15)21-11-16(18)19-2/h4-5,10,12,17H,3,6-9,11H2,1-2H3. The molecular formula is C16H23NO4. The number of benzene rings is 1. The third-order valence-electron chi connectivity index (χ3n) is 3.65. The lowest BCUT2D eigenvalue weighted by molar-refractivity contribution is -0.142. The first-order valence-electron chi connectivity index (χ1n) is 7.41. The highest BCUT2D eigenvalue weighted by molar-refractivity contribution is 5.71. The van der Waals surface area contributed by atoms with Gasteiger partial charge in [-0.05, 0) is 56.5 Å². The molecule has 0 bridgehead atoms. The lowest BCUT2D eigenvalue weighted by Crippen LogP contribution is -2.26. The lowest BCUT2D eigenvalue weighted by Gasteiger charge is -2.24. The Morgan fingerprint density at radius 2 is 2.00 bits per heavy atom. The van der Waals surface area contributed by atoms with Gasteiger partial charge in [-0.15, -0.1) is 0 Å². The van der Waals surface area contributed by atoms with Gasteiger partial charge >= 0.3 is 5.97 Å². The predicted molar refractivity (Wildman–Crippen MR) is 80.0 cm³/mol. The van der Waals surface area contributed by atoms with E-state index in [4.69, 9.17) is 9.47 Å². The minimum absolute atomic E-state index is 0.108. The molecule has 1 fully saturated rings. The molecule has 21 heavy (non-hydrogen) atoms. The smallest absolute Gasteiger partial charge is 0.343 e. The minimum atomic E-state index is -0.403. The largest absolute Gasteiger partial charge is 0.490 e. The van der Waals surface area contributed by atoms with Gasteiger partial charge in [0.2, 0.25) is 0 Å². The molecule has 5 heteroatoms. The number of hydrogen-bond acceptors (Lipinski definition) is 5. The predicted octanol–water partition coefficient (Wildman–Crippen LogP) is 2.10. The molecule has 0 radical (unpaired) electrons. The topological polar surface area (TPSA) is 56.8 Å². The fraction of sp³-hybridized carbons (Fsp3) is 0.562. The Balaban J connectivity index is 2.11. The number of esters is 1. The highest BCUT2D eigenvalue weighted by atomic mass is 16.6. The number of ether oxygens (including phenoxy) is 3. The molecule has 0 spiro atoms. The number of carbonyl (C=O) groups excluding carboxylic acids is 1. The lowest BCUT2D eigenvalue weighted by atomic mass is 9.90. The number of piperidine rings is 1. The Morgan fingerprint density at radius 1 is 1.24 bits per heavy atom. The van der Waals surface area contributed by atoms with Gasteiger partial charge in [0.15, 0.2) is 18.1 Å². The second-order valence-electron chi connectivity index (χ2n) is 5.03. The van der Waals surface area contributed by atoms with Gasteiger partial charge in [-0.3, -0.25) is 0 Å². The average Bonchev–Trinajstić information content (AvgIpc) is 2.54. The van der Waals surface area contributed by atoms with Gasteiger partial charge < -0.3 is 19.5 Å². The van der Waals surface area contributed by atoms with E-state index in [1.807, 2.05) is 19.1 Å². The maximum Gasteiger partial charge on any atom is 0.343 e. The Kier molecular flexibility index (Phi) is 5.87. The van der Waals surface area contributed by atoms with Crippen molar-refractivity contribution < 1.29 is 19.0 Å². The monoisotopic (exact) mass is 293 g/mol. The van der Waals surface area contributed by atoms with Gasteiger partial charge in [0.1, 0.15) is 0 Å². The highest BCUT2D eigenvalue weighted by Crippen LogP contribution is 2.34. The van der Waals surface area contributed by atoms with E-state index in [1.165, 1.54) is 12.7 Å². The van der Waals surface area contributed by atoms with Crippen molar-refractivity contribution in [1.29, 1.82) is 0 Å². The average molecular weight is 293 g/mol. The van der Waals surface area contributed by atoms with Crippen molar-refractivity contribution in [2.24, 2.45) is 0 Å². The van der Waals surface area contributed by atoms with Crippen molar-refractivity contribution in [1.82, 2.24) is 5.32 Å². The van der Waals surface area contributed by atoms with Crippen molar-refractivity contribution in [3.8, 4) is 11.5 Å². The van der Waals surface area contributed by atoms with Crippen molar-refractivity contribution >= 4 is 5.97 Å². The molecule has 0 aromatic heterocycles. The molecule has 1 aromatic carbocycles. The van der Waals surface area contributed by atoms with Crippen molar-refractivity contribution in [3.05, 3.63) is 23.8 Å². The molecule has 0 amide bonds. The second-order valence-corrected chi connectivity index (χ2v) is 5.03. The molecule has 116 valence electrons. The van der Waals surface area contributed by atoms with Crippen LogP contribution in [-0.2, 0) is 9.53 Å². The molecule has 1 heterocycles. The molecule has 2 rings (SSSR count). The summed E-state index contributed by atoms with van der Waals surface area (Å²) in [6.07, 6.45) is 2.27. The number of hydrogen-bond donors (Lipinski definition) is 1. The van der Waals surface area contributed by atoms with Crippen molar-refractivity contribution in [2.75, 3.05) is 33.4 Å². The summed E-state index contributed by atoms with van der Waals surface area (Å²) in [6.45, 7) is 4.49. The van der Waals surface area contributed by atoms with Crippen LogP contribution in [0.3, 0.4) is 0 Å². The molecular weight excluding hydrogens is 270 g/mol. The minimum Gasteiger partial charge on any atom is -0.490 e. The Hall–Kier alpha value is -1.75. The first-order valence-corrected chi connectivity index (χ1v) is 7.41. The van der Waals surface area contributed by atoms with Crippen molar-refractivity contribution in [2.45, 2.75) is 25.7 Å². The van der Waals surface area contributed by atoms with Crippen LogP contribution < -0.4 is 14.8 Å². The first kappa shape index (κ1) is 15.6. The summed E-state index contributed by atoms with van der Waals surface area (Å²) in [5, 5.41) is 3.37. The van der Waals surface area contributed by atoms with E-state index in [9.17, 15) is 4.79 Å². The molecule has 1 aliphatic heterocycles. The van der Waals surface area contributed by atoms with Crippen LogP contribution in [0.4, 0.5) is 0 Å². The molecule has 0 saturated carbocycles. The van der Waals surface area contributed by atoms with Gasteiger partial charge in [0.05, 0.1) is 13.7 Å². The SMILES string of the molecule is CCOc1cc(C2CCNCC2)ccc1OCC(=O)OC. The van der Waals surface area contributed by atoms with E-state index in [1.54, 1.807) is 0 Å². The summed E-state index contributed by atoms with van der Waals surface area (Å²) in [4.78, 5) is 11.2. The Bertz CT molecular complexity index is 469. The van der Waals surface area contributed by atoms with Crippen molar-refractivity contribution in [3.63, 3.8) is 0 Å². The van der Waals surface area contributed by atoms with E-state index in [0.29, 0.717) is 24.0 Å². The summed E-state index contributed by atoms with van der Waals surface area (Å²) >= 11 is 0. The molecule has 0 atom stereocenters. The van der Waals surface area contributed by atoms with Gasteiger partial charge in [0, 0.05) is 0 Å². The summed E-state index contributed by atoms with van der Waals surface area (Å²) in [5.74, 6) is 1.43. The van der Waals surface area contributed by atoms with Gasteiger partial charge in [0.25, 0.3) is 0 Å². The normalized spacial score (nSPS) is 15.5. The van der Waals surface area contributed by atoms with Crippen LogP contribution in [0.2, 0.25) is 0 Å². The molecule has 0 unspecified atom stereocenters. The van der Waals surface area contributed by atoms with Gasteiger partial charge in [-0.25, -0.2) is 4.79 Å². The van der Waals surface area contributed by atoms with Crippen LogP contribution >= 0.6 is 0 Å². The molecule has 1 saturated heterocycles. The fourth-order valence-electron chi connectivity index (χ4n) is 2.52. The third kappa shape index (κ3) is 4.36. The Labute approximate surface area is 125 Å². The fourth-order valence-corrected chi connectivity index (χ4v) is 2.52. The summed E-state index contributed by atoms with van der Waals surface area (Å²) in [6, 6.07) is 5.97. The van der Waals surface area contributed by atoms with Crippen LogP contribution in [0.5, 0.6) is 11.5 Å². The van der Waals surface area contributed by atoms with Gasteiger partial charge in [-0.1, -0.05) is 6.07 Å². The summed E-state index contributed by atoms with van der Waals surface area (Å²) in [7, 11) is 1.34. The first-order chi connectivity index (χ1) is 10.2. The van der Waals surface area contributed by atoms with E-state index >= 15 is 0 Å². The third-order valence-corrected chi connectivity index (χ3v) is 3.65. The van der Waals surface area contributed by atoms with E-state index in [2.05, 4.69) is 16.1 Å². The molecule has 1 aromatic rings. The Morgan fingerprint density at radius 3 is 2.67 bits per heavy atom. The molecule has 1 aliphatic rings. The van der Waals surface area contributed by atoms with Crippen LogP contribution in [0.15, 0.2) is 18.2 Å². The van der Waals surface area contributed by atoms with Crippen LogP contribution in [-0.4, -0.2) is 39.4 Å². The maximum absolute atomic E-state index is 11.2. The highest BCUT2D eigenvalue weighted by Gasteiger charge is 2.17. The maximum atomic E-state index is 11.2. The van der Waals surface area contributed by atoms with E-state index in [-0.39, 0.29) is 6.61 Å². The van der Waals surface area contributed by atoms with Crippen LogP contribution in [0.1, 0.15) is 31.2 Å². The molecule has 5 nitrogen and oxygen atoms in total. The van der Waals surface area contributed by atoms with E-state index < -0.39 is 5.97 Å². The number of carbonyl (C=O) groups is 1.